The first-order valence-electron chi connectivity index (χ1n) is 10.1. The zero-order valence-electron chi connectivity index (χ0n) is 18.0. The van der Waals surface area contributed by atoms with E-state index >= 15 is 0 Å². The fourth-order valence-electron chi connectivity index (χ4n) is 5.58. The van der Waals surface area contributed by atoms with Gasteiger partial charge in [-0.2, -0.15) is 0 Å². The van der Waals surface area contributed by atoms with E-state index < -0.39 is 75.0 Å². The van der Waals surface area contributed by atoms with Crippen LogP contribution in [0.25, 0.3) is 5.76 Å². The number of hydrogen-bond acceptors (Lipinski definition) is 9. The molecule has 1 aromatic carbocycles. The van der Waals surface area contributed by atoms with Gasteiger partial charge in [0, 0.05) is 28.0 Å². The molecule has 11 heteroatoms. The lowest BCUT2D eigenvalue weighted by atomic mass is 9.54. The maximum atomic E-state index is 13.7. The molecule has 5 atom stereocenters. The molecule has 0 heterocycles. The Morgan fingerprint density at radius 2 is 1.79 bits per heavy atom. The van der Waals surface area contributed by atoms with Gasteiger partial charge in [-0.1, -0.05) is 11.6 Å². The number of aliphatic hydroxyl groups excluding tert-OH is 2. The number of hydrogen-bond donors (Lipinski definition) is 6. The number of carbonyl (C=O) groups excluding carboxylic acids is 3. The maximum Gasteiger partial charge on any atom is 0.255 e. The Balaban J connectivity index is 2.07. The van der Waals surface area contributed by atoms with Crippen molar-refractivity contribution in [2.24, 2.45) is 17.6 Å². The number of amides is 1. The van der Waals surface area contributed by atoms with Gasteiger partial charge in [-0.15, -0.1) is 0 Å². The summed E-state index contributed by atoms with van der Waals surface area (Å²) in [7, 11) is 2.97. The molecule has 0 unspecified atom stereocenters. The van der Waals surface area contributed by atoms with Crippen LogP contribution in [0.2, 0.25) is 5.02 Å². The smallest absolute Gasteiger partial charge is 0.255 e. The SMILES string of the molecule is CN(C)[C@H]1C(=O)C(C(N)=O)=C(O)[C@]2(O)C(=O)C3=C(O)c4c(O)ccc(Cl)c4[C@@](C)(O)[C@@H]3C[C@@H]12. The first-order chi connectivity index (χ1) is 15.2. The number of nitrogens with two attached hydrogens (primary N) is 1. The summed E-state index contributed by atoms with van der Waals surface area (Å²) in [6, 6.07) is 1.24. The molecule has 0 radical (unpaired) electrons. The van der Waals surface area contributed by atoms with Gasteiger partial charge in [0.2, 0.25) is 5.78 Å². The molecule has 1 aromatic rings. The largest absolute Gasteiger partial charge is 0.508 e. The summed E-state index contributed by atoms with van der Waals surface area (Å²) in [5.74, 6) is -8.30. The van der Waals surface area contributed by atoms with E-state index in [1.54, 1.807) is 0 Å². The highest BCUT2D eigenvalue weighted by Gasteiger charge is 2.66. The van der Waals surface area contributed by atoms with Gasteiger partial charge >= 0.3 is 0 Å². The van der Waals surface area contributed by atoms with E-state index in [2.05, 4.69) is 0 Å². The number of fused-ring (bicyclic) bond motifs is 3. The Kier molecular flexibility index (Phi) is 4.96. The maximum absolute atomic E-state index is 13.7. The van der Waals surface area contributed by atoms with Crippen molar-refractivity contribution < 1.29 is 39.9 Å². The van der Waals surface area contributed by atoms with Crippen LogP contribution in [0.5, 0.6) is 5.75 Å². The summed E-state index contributed by atoms with van der Waals surface area (Å²) in [6.07, 6.45) is -0.259. The van der Waals surface area contributed by atoms with Gasteiger partial charge in [-0.25, -0.2) is 0 Å². The molecule has 3 aliphatic rings. The first-order valence-corrected chi connectivity index (χ1v) is 10.5. The van der Waals surface area contributed by atoms with Crippen molar-refractivity contribution in [1.82, 2.24) is 4.90 Å². The number of benzene rings is 1. The van der Waals surface area contributed by atoms with Gasteiger partial charge in [-0.05, 0) is 39.6 Å². The number of phenols is 1. The average Bonchev–Trinajstić information content (AvgIpc) is 2.69. The molecule has 1 saturated carbocycles. The number of aromatic hydroxyl groups is 1. The van der Waals surface area contributed by atoms with Gasteiger partial charge in [0.25, 0.3) is 5.91 Å². The molecule has 4 rings (SSSR count). The quantitative estimate of drug-likeness (QED) is 0.325. The normalized spacial score (nSPS) is 33.7. The second-order valence-corrected chi connectivity index (χ2v) is 9.48. The fourth-order valence-corrected chi connectivity index (χ4v) is 5.93. The average molecular weight is 479 g/mol. The number of Topliss-reactive ketones (excluding diaryl/α,β-unsaturated/α-hetero) is 2. The molecule has 176 valence electrons. The van der Waals surface area contributed by atoms with Crippen molar-refractivity contribution in [3.05, 3.63) is 45.2 Å². The third kappa shape index (κ3) is 2.75. The molecular formula is C22H23ClN2O8. The number of primary amides is 1. The van der Waals surface area contributed by atoms with Crippen molar-refractivity contribution >= 4 is 34.8 Å². The van der Waals surface area contributed by atoms with Crippen molar-refractivity contribution in [1.29, 1.82) is 0 Å². The molecule has 0 bridgehead atoms. The Morgan fingerprint density at radius 3 is 2.33 bits per heavy atom. The van der Waals surface area contributed by atoms with E-state index in [-0.39, 0.29) is 22.6 Å². The second-order valence-electron chi connectivity index (χ2n) is 9.08. The summed E-state index contributed by atoms with van der Waals surface area (Å²) in [6.45, 7) is 1.34. The number of nitrogens with zero attached hydrogens (tertiary/aromatic N) is 1. The zero-order chi connectivity index (χ0) is 24.8. The van der Waals surface area contributed by atoms with E-state index in [0.717, 1.165) is 0 Å². The number of halogens is 1. The van der Waals surface area contributed by atoms with Crippen LogP contribution in [-0.2, 0) is 20.0 Å². The van der Waals surface area contributed by atoms with Crippen molar-refractivity contribution in [2.75, 3.05) is 14.1 Å². The minimum Gasteiger partial charge on any atom is -0.508 e. The molecule has 0 aromatic heterocycles. The van der Waals surface area contributed by atoms with E-state index in [1.807, 2.05) is 0 Å². The van der Waals surface area contributed by atoms with E-state index in [4.69, 9.17) is 17.3 Å². The standard InChI is InChI=1S/C22H23ClN2O8/c1-21(32)7-6-8-15(25(2)3)17(28)13(20(24)31)19(30)22(8,33)18(29)11(7)16(27)12-10(26)5-4-9(23)14(12)21/h4-5,7-8,15,26-27,30,32-33H,6H2,1-3H3,(H2,24,31)/t7-,8+,15-,21+,22-/m1/s1. The lowest BCUT2D eigenvalue weighted by molar-refractivity contribution is -0.159. The molecule has 0 spiro atoms. The van der Waals surface area contributed by atoms with E-state index in [9.17, 15) is 39.9 Å². The van der Waals surface area contributed by atoms with Crippen LogP contribution in [0.3, 0.4) is 0 Å². The Labute approximate surface area is 193 Å². The fraction of sp³-hybridized carbons (Fsp3) is 0.409. The van der Waals surface area contributed by atoms with Crippen LogP contribution in [0.4, 0.5) is 0 Å². The molecule has 3 aliphatic carbocycles. The van der Waals surface area contributed by atoms with Crippen LogP contribution in [0.15, 0.2) is 29.0 Å². The van der Waals surface area contributed by atoms with Gasteiger partial charge in [-0.3, -0.25) is 19.3 Å². The predicted molar refractivity (Wildman–Crippen MR) is 115 cm³/mol. The lowest BCUT2D eigenvalue weighted by Crippen LogP contribution is -2.67. The minimum absolute atomic E-state index is 0.0187. The Hall–Kier alpha value is -2.92. The molecule has 0 aliphatic heterocycles. The molecular weight excluding hydrogens is 456 g/mol. The molecule has 1 fully saturated rings. The number of carbonyl (C=O) groups is 3. The van der Waals surface area contributed by atoms with E-state index in [1.165, 1.54) is 38.1 Å². The summed E-state index contributed by atoms with van der Waals surface area (Å²) in [4.78, 5) is 40.1. The Morgan fingerprint density at radius 1 is 1.18 bits per heavy atom. The second kappa shape index (κ2) is 7.04. The molecule has 1 amide bonds. The van der Waals surface area contributed by atoms with Crippen LogP contribution in [-0.4, -0.2) is 73.6 Å². The predicted octanol–water partition coefficient (Wildman–Crippen LogP) is 0.282. The highest BCUT2D eigenvalue weighted by Crippen LogP contribution is 2.58. The van der Waals surface area contributed by atoms with Gasteiger partial charge < -0.3 is 31.3 Å². The first kappa shape index (κ1) is 23.2. The lowest BCUT2D eigenvalue weighted by Gasteiger charge is -2.53. The molecule has 7 N–H and O–H groups in total. The van der Waals surface area contributed by atoms with Gasteiger partial charge in [0.15, 0.2) is 11.4 Å². The van der Waals surface area contributed by atoms with Crippen LogP contribution >= 0.6 is 11.6 Å². The van der Waals surface area contributed by atoms with Gasteiger partial charge in [0.05, 0.1) is 17.2 Å². The summed E-state index contributed by atoms with van der Waals surface area (Å²) in [5.41, 5.74) is -1.10. The highest BCUT2D eigenvalue weighted by atomic mass is 35.5. The summed E-state index contributed by atoms with van der Waals surface area (Å²) >= 11 is 6.28. The van der Waals surface area contributed by atoms with Crippen molar-refractivity contribution in [3.63, 3.8) is 0 Å². The summed E-state index contributed by atoms with van der Waals surface area (Å²) < 4.78 is 0. The third-order valence-electron chi connectivity index (χ3n) is 7.07. The molecule has 10 nitrogen and oxygen atoms in total. The highest BCUT2D eigenvalue weighted by molar-refractivity contribution is 6.32. The number of rotatable bonds is 2. The van der Waals surface area contributed by atoms with Crippen LogP contribution in [0.1, 0.15) is 24.5 Å². The van der Waals surface area contributed by atoms with Crippen molar-refractivity contribution in [2.45, 2.75) is 30.6 Å². The molecule has 33 heavy (non-hydrogen) atoms. The van der Waals surface area contributed by atoms with Gasteiger partial charge in [0.1, 0.15) is 22.8 Å². The number of phenolic OH excluding ortho intramolecular Hbond substituents is 1. The third-order valence-corrected chi connectivity index (χ3v) is 7.39. The van der Waals surface area contributed by atoms with E-state index in [0.29, 0.717) is 0 Å². The topological polar surface area (TPSA) is 182 Å². The monoisotopic (exact) mass is 478 g/mol. The van der Waals surface area contributed by atoms with Crippen molar-refractivity contribution in [3.8, 4) is 5.75 Å². The minimum atomic E-state index is -2.78. The zero-order valence-corrected chi connectivity index (χ0v) is 18.7. The van der Waals surface area contributed by atoms with Crippen LogP contribution in [0, 0.1) is 11.8 Å². The Bertz CT molecular complexity index is 1200. The summed E-state index contributed by atoms with van der Waals surface area (Å²) in [5, 5.41) is 55.2. The number of likely N-dealkylation sites (N-methyl/N-ethyl adjacent to an activating group) is 1. The number of aliphatic hydroxyl groups is 4. The van der Waals surface area contributed by atoms with Crippen LogP contribution < -0.4 is 5.73 Å². The molecule has 0 saturated heterocycles. The number of ketones is 2.